The van der Waals surface area contributed by atoms with Gasteiger partial charge in [-0.05, 0) is 18.6 Å². The standard InChI is InChI=1S/C15H19N3O3/c1-3-18(2)15(21)17-13(14(19)20)8-10-9-16-12-7-5-4-6-11(10)12/h4-7,9,13,16H,3,8H2,1-2H3,(H,17,21)(H,19,20). The lowest BCUT2D eigenvalue weighted by atomic mass is 10.1. The fourth-order valence-electron chi connectivity index (χ4n) is 2.12. The first-order valence-electron chi connectivity index (χ1n) is 6.82. The van der Waals surface area contributed by atoms with E-state index in [1.54, 1.807) is 13.2 Å². The number of aromatic amines is 1. The van der Waals surface area contributed by atoms with Crippen molar-refractivity contribution in [2.75, 3.05) is 13.6 Å². The number of nitrogens with zero attached hydrogens (tertiary/aromatic N) is 1. The van der Waals surface area contributed by atoms with Gasteiger partial charge < -0.3 is 20.3 Å². The number of aliphatic carboxylic acids is 1. The molecule has 0 spiro atoms. The molecule has 1 atom stereocenters. The Bertz CT molecular complexity index is 650. The molecule has 21 heavy (non-hydrogen) atoms. The van der Waals surface area contributed by atoms with Crippen LogP contribution in [0.15, 0.2) is 30.5 Å². The lowest BCUT2D eigenvalue weighted by Crippen LogP contribution is -2.47. The molecule has 1 heterocycles. The summed E-state index contributed by atoms with van der Waals surface area (Å²) in [5.74, 6) is -1.04. The minimum atomic E-state index is -1.04. The summed E-state index contributed by atoms with van der Waals surface area (Å²) in [6.07, 6.45) is 2.03. The third kappa shape index (κ3) is 3.34. The number of carboxylic acids is 1. The van der Waals surface area contributed by atoms with Crippen LogP contribution in [0.3, 0.4) is 0 Å². The van der Waals surface area contributed by atoms with E-state index in [-0.39, 0.29) is 12.5 Å². The van der Waals surface area contributed by atoms with Gasteiger partial charge in [-0.25, -0.2) is 9.59 Å². The first-order chi connectivity index (χ1) is 10.0. The van der Waals surface area contributed by atoms with E-state index in [0.29, 0.717) is 6.54 Å². The van der Waals surface area contributed by atoms with E-state index in [1.807, 2.05) is 31.2 Å². The normalized spacial score (nSPS) is 12.1. The van der Waals surface area contributed by atoms with E-state index in [1.165, 1.54) is 4.90 Å². The number of fused-ring (bicyclic) bond motifs is 1. The number of rotatable bonds is 5. The van der Waals surface area contributed by atoms with Gasteiger partial charge >= 0.3 is 12.0 Å². The number of amides is 2. The van der Waals surface area contributed by atoms with Gasteiger partial charge in [-0.3, -0.25) is 0 Å². The number of carbonyl (C=O) groups is 2. The molecule has 0 aliphatic rings. The summed E-state index contributed by atoms with van der Waals surface area (Å²) in [6.45, 7) is 2.35. The molecule has 0 saturated heterocycles. The van der Waals surface area contributed by atoms with Gasteiger partial charge in [-0.15, -0.1) is 0 Å². The molecule has 0 saturated carbocycles. The number of nitrogens with one attached hydrogen (secondary N) is 2. The van der Waals surface area contributed by atoms with Gasteiger partial charge in [0, 0.05) is 37.1 Å². The Hall–Kier alpha value is -2.50. The Morgan fingerprint density at radius 1 is 1.38 bits per heavy atom. The van der Waals surface area contributed by atoms with Gasteiger partial charge in [0.1, 0.15) is 6.04 Å². The van der Waals surface area contributed by atoms with Crippen molar-refractivity contribution in [3.05, 3.63) is 36.0 Å². The maximum Gasteiger partial charge on any atom is 0.326 e. The van der Waals surface area contributed by atoms with Gasteiger partial charge in [0.15, 0.2) is 0 Å². The van der Waals surface area contributed by atoms with Gasteiger partial charge in [0.05, 0.1) is 0 Å². The van der Waals surface area contributed by atoms with Crippen LogP contribution in [0.4, 0.5) is 4.79 Å². The average Bonchev–Trinajstić information content (AvgIpc) is 2.88. The first kappa shape index (κ1) is 14.9. The van der Waals surface area contributed by atoms with Crippen LogP contribution >= 0.6 is 0 Å². The summed E-state index contributed by atoms with van der Waals surface area (Å²) in [4.78, 5) is 27.7. The van der Waals surface area contributed by atoms with Gasteiger partial charge in [-0.1, -0.05) is 18.2 Å². The molecule has 2 aromatic rings. The molecule has 0 aliphatic heterocycles. The van der Waals surface area contributed by atoms with Crippen molar-refractivity contribution in [3.8, 4) is 0 Å². The second-order valence-electron chi connectivity index (χ2n) is 4.92. The van der Waals surface area contributed by atoms with Crippen LogP contribution < -0.4 is 5.32 Å². The summed E-state index contributed by atoms with van der Waals surface area (Å²) in [5, 5.41) is 12.8. The van der Waals surface area contributed by atoms with E-state index in [4.69, 9.17) is 0 Å². The zero-order chi connectivity index (χ0) is 15.4. The van der Waals surface area contributed by atoms with E-state index in [0.717, 1.165) is 16.5 Å². The predicted molar refractivity (Wildman–Crippen MR) is 80.3 cm³/mol. The second-order valence-corrected chi connectivity index (χ2v) is 4.92. The van der Waals surface area contributed by atoms with Crippen molar-refractivity contribution in [2.24, 2.45) is 0 Å². The largest absolute Gasteiger partial charge is 0.480 e. The summed E-state index contributed by atoms with van der Waals surface area (Å²) < 4.78 is 0. The smallest absolute Gasteiger partial charge is 0.326 e. The molecule has 1 aromatic heterocycles. The molecule has 6 nitrogen and oxygen atoms in total. The quantitative estimate of drug-likeness (QED) is 0.785. The minimum Gasteiger partial charge on any atom is -0.480 e. The van der Waals surface area contributed by atoms with Crippen molar-refractivity contribution in [1.82, 2.24) is 15.2 Å². The number of hydrogen-bond donors (Lipinski definition) is 3. The number of urea groups is 1. The Kier molecular flexibility index (Phi) is 4.47. The van der Waals surface area contributed by atoms with Crippen LogP contribution in [0, 0.1) is 0 Å². The van der Waals surface area contributed by atoms with E-state index in [9.17, 15) is 14.7 Å². The molecule has 0 fully saturated rings. The Balaban J connectivity index is 2.17. The molecule has 2 amide bonds. The molecule has 1 aromatic carbocycles. The van der Waals surface area contributed by atoms with Crippen molar-refractivity contribution < 1.29 is 14.7 Å². The summed E-state index contributed by atoms with van der Waals surface area (Å²) in [6, 6.07) is 6.34. The highest BCUT2D eigenvalue weighted by Gasteiger charge is 2.22. The van der Waals surface area contributed by atoms with E-state index >= 15 is 0 Å². The van der Waals surface area contributed by atoms with Crippen molar-refractivity contribution in [1.29, 1.82) is 0 Å². The lowest BCUT2D eigenvalue weighted by Gasteiger charge is -2.20. The molecule has 112 valence electrons. The number of carboxylic acid groups (broad SMARTS) is 1. The topological polar surface area (TPSA) is 85.4 Å². The first-order valence-corrected chi connectivity index (χ1v) is 6.82. The minimum absolute atomic E-state index is 0.239. The number of benzene rings is 1. The van der Waals surface area contributed by atoms with Crippen LogP contribution in [0.2, 0.25) is 0 Å². The monoisotopic (exact) mass is 289 g/mol. The molecule has 1 unspecified atom stereocenters. The Morgan fingerprint density at radius 3 is 2.76 bits per heavy atom. The molecule has 2 rings (SSSR count). The number of hydrogen-bond acceptors (Lipinski definition) is 2. The molecular formula is C15H19N3O3. The lowest BCUT2D eigenvalue weighted by molar-refractivity contribution is -0.139. The molecule has 0 bridgehead atoms. The highest BCUT2D eigenvalue weighted by molar-refractivity contribution is 5.86. The van der Waals surface area contributed by atoms with Crippen LogP contribution in [0.5, 0.6) is 0 Å². The fourth-order valence-corrected chi connectivity index (χ4v) is 2.12. The second kappa shape index (κ2) is 6.30. The van der Waals surface area contributed by atoms with Gasteiger partial charge in [0.2, 0.25) is 0 Å². The van der Waals surface area contributed by atoms with Crippen molar-refractivity contribution >= 4 is 22.9 Å². The number of carbonyl (C=O) groups excluding carboxylic acids is 1. The summed E-state index contributed by atoms with van der Waals surface area (Å²) in [7, 11) is 1.62. The third-order valence-corrected chi connectivity index (χ3v) is 3.52. The fraction of sp³-hybridized carbons (Fsp3) is 0.333. The predicted octanol–water partition coefficient (Wildman–Crippen LogP) is 1.82. The average molecular weight is 289 g/mol. The van der Waals surface area contributed by atoms with Crippen molar-refractivity contribution in [3.63, 3.8) is 0 Å². The summed E-state index contributed by atoms with van der Waals surface area (Å²) in [5.41, 5.74) is 1.83. The maximum atomic E-state index is 11.8. The number of para-hydroxylation sites is 1. The summed E-state index contributed by atoms with van der Waals surface area (Å²) >= 11 is 0. The van der Waals surface area contributed by atoms with Crippen LogP contribution in [0.25, 0.3) is 10.9 Å². The highest BCUT2D eigenvalue weighted by Crippen LogP contribution is 2.19. The highest BCUT2D eigenvalue weighted by atomic mass is 16.4. The van der Waals surface area contributed by atoms with Crippen molar-refractivity contribution in [2.45, 2.75) is 19.4 Å². The molecule has 0 aliphatic carbocycles. The third-order valence-electron chi connectivity index (χ3n) is 3.52. The van der Waals surface area contributed by atoms with Crippen LogP contribution in [-0.4, -0.2) is 46.6 Å². The zero-order valence-electron chi connectivity index (χ0n) is 12.1. The van der Waals surface area contributed by atoms with Gasteiger partial charge in [-0.2, -0.15) is 0 Å². The van der Waals surface area contributed by atoms with Crippen LogP contribution in [-0.2, 0) is 11.2 Å². The number of H-pyrrole nitrogens is 1. The SMILES string of the molecule is CCN(C)C(=O)NC(Cc1c[nH]c2ccccc12)C(=O)O. The van der Waals surface area contributed by atoms with Crippen LogP contribution in [0.1, 0.15) is 12.5 Å². The van der Waals surface area contributed by atoms with E-state index in [2.05, 4.69) is 10.3 Å². The molecule has 3 N–H and O–H groups in total. The number of aromatic nitrogens is 1. The zero-order valence-corrected chi connectivity index (χ0v) is 12.1. The van der Waals surface area contributed by atoms with E-state index < -0.39 is 12.0 Å². The van der Waals surface area contributed by atoms with Gasteiger partial charge in [0.25, 0.3) is 0 Å². The molecule has 0 radical (unpaired) electrons. The molecular weight excluding hydrogens is 270 g/mol. The Morgan fingerprint density at radius 2 is 2.10 bits per heavy atom. The molecule has 6 heteroatoms. The Labute approximate surface area is 122 Å². The maximum absolute atomic E-state index is 11.8.